The summed E-state index contributed by atoms with van der Waals surface area (Å²) in [6.07, 6.45) is 9.33. The first-order valence-electron chi connectivity index (χ1n) is 12.2. The van der Waals surface area contributed by atoms with Gasteiger partial charge in [0, 0.05) is 47.9 Å². The maximum absolute atomic E-state index is 13.3. The van der Waals surface area contributed by atoms with E-state index in [4.69, 9.17) is 0 Å². The molecule has 3 N–H and O–H groups in total. The van der Waals surface area contributed by atoms with Crippen LogP contribution in [0.3, 0.4) is 0 Å². The zero-order chi connectivity index (χ0) is 22.4. The van der Waals surface area contributed by atoms with Crippen molar-refractivity contribution >= 4 is 16.8 Å². The van der Waals surface area contributed by atoms with E-state index in [0.29, 0.717) is 17.9 Å². The lowest BCUT2D eigenvalue weighted by Crippen LogP contribution is -2.50. The van der Waals surface area contributed by atoms with Crippen LogP contribution in [0.2, 0.25) is 0 Å². The lowest BCUT2D eigenvalue weighted by atomic mass is 9.74. The summed E-state index contributed by atoms with van der Waals surface area (Å²) in [5.41, 5.74) is 9.35. The van der Waals surface area contributed by atoms with Gasteiger partial charge in [-0.05, 0) is 63.0 Å². The molecular weight excluding hydrogens is 402 g/mol. The highest BCUT2D eigenvalue weighted by Crippen LogP contribution is 2.37. The highest BCUT2D eigenvalue weighted by molar-refractivity contribution is 5.83. The lowest BCUT2D eigenvalue weighted by Gasteiger charge is -2.36. The van der Waals surface area contributed by atoms with Gasteiger partial charge in [-0.3, -0.25) is 20.0 Å². The number of hydrogen-bond donors (Lipinski definition) is 3. The molecule has 172 valence electrons. The standard InChI is InChI=1S/C25H35N5O2/c1-14-8-9-17(27-24(31)23-18-6-4-5-7-21(18)28-29-23)12-19(14)20-11-16-13-26-15(2)10-22(16)30(3)25(20)32/h10-11,13-14,17-19,21,23,28-29H,4-9,12H2,1-3H3,(H,27,31). The van der Waals surface area contributed by atoms with Crippen LogP contribution in [0.15, 0.2) is 23.1 Å². The number of pyridine rings is 2. The van der Waals surface area contributed by atoms with Crippen LogP contribution in [-0.4, -0.2) is 33.6 Å². The molecule has 0 spiro atoms. The minimum Gasteiger partial charge on any atom is -0.352 e. The molecule has 0 aromatic carbocycles. The third kappa shape index (κ3) is 3.86. The fraction of sp³-hybridized carbons (Fsp3) is 0.640. The molecule has 3 aliphatic rings. The van der Waals surface area contributed by atoms with E-state index in [1.165, 1.54) is 12.8 Å². The van der Waals surface area contributed by atoms with Gasteiger partial charge in [0.2, 0.25) is 5.91 Å². The normalized spacial score (nSPS) is 32.6. The van der Waals surface area contributed by atoms with E-state index in [1.54, 1.807) is 4.57 Å². The summed E-state index contributed by atoms with van der Waals surface area (Å²) in [6.45, 7) is 4.17. The van der Waals surface area contributed by atoms with Crippen LogP contribution < -0.4 is 21.7 Å². The molecule has 1 saturated heterocycles. The van der Waals surface area contributed by atoms with Gasteiger partial charge in [0.1, 0.15) is 6.04 Å². The van der Waals surface area contributed by atoms with Gasteiger partial charge in [-0.25, -0.2) is 5.43 Å². The number of aryl methyl sites for hydroxylation is 2. The fourth-order valence-corrected chi connectivity index (χ4v) is 6.23. The average Bonchev–Trinajstić information content (AvgIpc) is 3.22. The van der Waals surface area contributed by atoms with Gasteiger partial charge in [-0.15, -0.1) is 0 Å². The lowest BCUT2D eigenvalue weighted by molar-refractivity contribution is -0.125. The van der Waals surface area contributed by atoms with E-state index in [-0.39, 0.29) is 29.5 Å². The topological polar surface area (TPSA) is 88.1 Å². The summed E-state index contributed by atoms with van der Waals surface area (Å²) >= 11 is 0. The second-order valence-corrected chi connectivity index (χ2v) is 10.3. The third-order valence-corrected chi connectivity index (χ3v) is 8.17. The van der Waals surface area contributed by atoms with E-state index in [9.17, 15) is 9.59 Å². The average molecular weight is 438 g/mol. The first kappa shape index (κ1) is 21.6. The Morgan fingerprint density at radius 1 is 1.16 bits per heavy atom. The largest absolute Gasteiger partial charge is 0.352 e. The molecule has 2 aromatic heterocycles. The van der Waals surface area contributed by atoms with Crippen molar-refractivity contribution in [1.29, 1.82) is 0 Å². The molecule has 2 saturated carbocycles. The first-order chi connectivity index (χ1) is 15.4. The molecule has 2 aliphatic carbocycles. The van der Waals surface area contributed by atoms with Crippen LogP contribution in [-0.2, 0) is 11.8 Å². The molecule has 6 atom stereocenters. The van der Waals surface area contributed by atoms with Crippen LogP contribution in [0.25, 0.3) is 10.9 Å². The maximum atomic E-state index is 13.3. The van der Waals surface area contributed by atoms with Gasteiger partial charge in [-0.2, -0.15) is 0 Å². The van der Waals surface area contributed by atoms with Crippen molar-refractivity contribution in [3.05, 3.63) is 39.9 Å². The Hall–Kier alpha value is -2.25. The molecule has 5 rings (SSSR count). The van der Waals surface area contributed by atoms with Crippen LogP contribution >= 0.6 is 0 Å². The molecule has 1 aliphatic heterocycles. The summed E-state index contributed by atoms with van der Waals surface area (Å²) in [5.74, 6) is 1.03. The van der Waals surface area contributed by atoms with Crippen LogP contribution in [0.5, 0.6) is 0 Å². The number of aromatic nitrogens is 2. The monoisotopic (exact) mass is 437 g/mol. The highest BCUT2D eigenvalue weighted by atomic mass is 16.2. The predicted molar refractivity (Wildman–Crippen MR) is 125 cm³/mol. The molecule has 2 aromatic rings. The van der Waals surface area contributed by atoms with Crippen molar-refractivity contribution in [1.82, 2.24) is 25.7 Å². The Balaban J connectivity index is 1.35. The Labute approximate surface area is 189 Å². The molecule has 3 heterocycles. The van der Waals surface area contributed by atoms with E-state index in [2.05, 4.69) is 28.1 Å². The summed E-state index contributed by atoms with van der Waals surface area (Å²) < 4.78 is 1.76. The first-order valence-corrected chi connectivity index (χ1v) is 12.2. The highest BCUT2D eigenvalue weighted by Gasteiger charge is 2.42. The minimum atomic E-state index is -0.152. The number of hydrogen-bond acceptors (Lipinski definition) is 5. The smallest absolute Gasteiger partial charge is 0.254 e. The number of carbonyl (C=O) groups excluding carboxylic acids is 1. The molecular formula is C25H35N5O2. The molecule has 7 nitrogen and oxygen atoms in total. The predicted octanol–water partition coefficient (Wildman–Crippen LogP) is 2.67. The molecule has 0 radical (unpaired) electrons. The fourth-order valence-electron chi connectivity index (χ4n) is 6.23. The summed E-state index contributed by atoms with van der Waals surface area (Å²) in [7, 11) is 1.85. The minimum absolute atomic E-state index is 0.0682. The van der Waals surface area contributed by atoms with Gasteiger partial charge in [-0.1, -0.05) is 19.8 Å². The number of carbonyl (C=O) groups is 1. The van der Waals surface area contributed by atoms with Gasteiger partial charge < -0.3 is 9.88 Å². The second-order valence-electron chi connectivity index (χ2n) is 10.3. The Morgan fingerprint density at radius 2 is 1.97 bits per heavy atom. The van der Waals surface area contributed by atoms with E-state index < -0.39 is 0 Å². The summed E-state index contributed by atoms with van der Waals surface area (Å²) in [5, 5.41) is 4.33. The SMILES string of the molecule is Cc1cc2c(cn1)cc(C1CC(NC(=O)C3NNC4CCCCC43)CCC1C)c(=O)n2C. The summed E-state index contributed by atoms with van der Waals surface area (Å²) in [4.78, 5) is 30.8. The van der Waals surface area contributed by atoms with Crippen molar-refractivity contribution in [2.75, 3.05) is 0 Å². The zero-order valence-electron chi connectivity index (χ0n) is 19.4. The molecule has 32 heavy (non-hydrogen) atoms. The molecule has 3 fully saturated rings. The number of hydrazine groups is 1. The van der Waals surface area contributed by atoms with Crippen LogP contribution in [0, 0.1) is 18.8 Å². The maximum Gasteiger partial charge on any atom is 0.254 e. The van der Waals surface area contributed by atoms with Crippen LogP contribution in [0.4, 0.5) is 0 Å². The number of fused-ring (bicyclic) bond motifs is 2. The number of nitrogens with one attached hydrogen (secondary N) is 3. The van der Waals surface area contributed by atoms with E-state index in [0.717, 1.165) is 54.3 Å². The third-order valence-electron chi connectivity index (χ3n) is 8.17. The van der Waals surface area contributed by atoms with E-state index in [1.807, 2.05) is 32.3 Å². The van der Waals surface area contributed by atoms with Gasteiger partial charge in [0.25, 0.3) is 5.56 Å². The van der Waals surface area contributed by atoms with E-state index >= 15 is 0 Å². The Bertz CT molecular complexity index is 1080. The van der Waals surface area contributed by atoms with Crippen molar-refractivity contribution in [2.45, 2.75) is 82.8 Å². The zero-order valence-corrected chi connectivity index (χ0v) is 19.4. The van der Waals surface area contributed by atoms with Gasteiger partial charge in [0.15, 0.2) is 0 Å². The van der Waals surface area contributed by atoms with Crippen molar-refractivity contribution in [2.24, 2.45) is 18.9 Å². The Morgan fingerprint density at radius 3 is 2.81 bits per heavy atom. The quantitative estimate of drug-likeness (QED) is 0.687. The number of amides is 1. The van der Waals surface area contributed by atoms with Gasteiger partial charge in [0.05, 0.1) is 5.52 Å². The van der Waals surface area contributed by atoms with Crippen LogP contribution in [0.1, 0.15) is 69.0 Å². The van der Waals surface area contributed by atoms with Gasteiger partial charge >= 0.3 is 0 Å². The number of nitrogens with zero attached hydrogens (tertiary/aromatic N) is 2. The molecule has 0 bridgehead atoms. The van der Waals surface area contributed by atoms with Crippen molar-refractivity contribution in [3.8, 4) is 0 Å². The number of rotatable bonds is 3. The van der Waals surface area contributed by atoms with Crippen molar-refractivity contribution < 1.29 is 4.79 Å². The van der Waals surface area contributed by atoms with Crippen molar-refractivity contribution in [3.63, 3.8) is 0 Å². The Kier molecular flexibility index (Phi) is 5.80. The summed E-state index contributed by atoms with van der Waals surface area (Å²) in [6, 6.07) is 4.36. The molecule has 7 heteroatoms. The second kappa shape index (κ2) is 8.60. The molecule has 6 unspecified atom stereocenters. The molecule has 1 amide bonds.